The molecule has 1 amide bonds. The molecule has 6 heteroatoms. The number of hydrogen-bond donors (Lipinski definition) is 2. The van der Waals surface area contributed by atoms with Gasteiger partial charge in [0, 0.05) is 49.7 Å². The number of benzene rings is 1. The third-order valence-corrected chi connectivity index (χ3v) is 4.35. The molecule has 1 aromatic carbocycles. The van der Waals surface area contributed by atoms with Crippen LogP contribution in [0.15, 0.2) is 36.7 Å². The van der Waals surface area contributed by atoms with E-state index in [0.717, 1.165) is 11.1 Å². The second-order valence-corrected chi connectivity index (χ2v) is 6.34. The van der Waals surface area contributed by atoms with Crippen LogP contribution in [0.2, 0.25) is 0 Å². The Bertz CT molecular complexity index is 716. The molecule has 0 bridgehead atoms. The average molecular weight is 325 g/mol. The van der Waals surface area contributed by atoms with Gasteiger partial charge in [0.25, 0.3) is 0 Å². The summed E-state index contributed by atoms with van der Waals surface area (Å²) in [6, 6.07) is 7.97. The molecule has 0 radical (unpaired) electrons. The summed E-state index contributed by atoms with van der Waals surface area (Å²) in [7, 11) is 1.66. The zero-order chi connectivity index (χ0) is 17.1. The fourth-order valence-corrected chi connectivity index (χ4v) is 3.16. The first-order valence-electron chi connectivity index (χ1n) is 8.16. The number of hydrogen-bond acceptors (Lipinski definition) is 5. The minimum Gasteiger partial charge on any atom is -0.358 e. The fourth-order valence-electron chi connectivity index (χ4n) is 3.16. The SMILES string of the molecule is CNC(=O)[C@@H]1C[C@H](N)CN1Cc1cnc(-c2cccc(C)c2)nc1. The molecule has 1 aliphatic heterocycles. The third-order valence-electron chi connectivity index (χ3n) is 4.35. The Morgan fingerprint density at radius 2 is 2.12 bits per heavy atom. The Morgan fingerprint density at radius 3 is 2.79 bits per heavy atom. The van der Waals surface area contributed by atoms with Crippen LogP contribution in [0.4, 0.5) is 0 Å². The van der Waals surface area contributed by atoms with E-state index in [2.05, 4.69) is 26.3 Å². The molecular weight excluding hydrogens is 302 g/mol. The summed E-state index contributed by atoms with van der Waals surface area (Å²) in [6.07, 6.45) is 4.34. The molecule has 1 fully saturated rings. The van der Waals surface area contributed by atoms with E-state index in [0.29, 0.717) is 25.3 Å². The van der Waals surface area contributed by atoms with Gasteiger partial charge < -0.3 is 11.1 Å². The molecule has 2 aromatic rings. The molecule has 2 atom stereocenters. The Kier molecular flexibility index (Phi) is 4.87. The zero-order valence-electron chi connectivity index (χ0n) is 14.1. The van der Waals surface area contributed by atoms with Crippen LogP contribution in [-0.4, -0.2) is 46.5 Å². The highest BCUT2D eigenvalue weighted by Crippen LogP contribution is 2.20. The maximum Gasteiger partial charge on any atom is 0.237 e. The van der Waals surface area contributed by atoms with E-state index in [1.165, 1.54) is 5.56 Å². The number of carbonyl (C=O) groups excluding carboxylic acids is 1. The van der Waals surface area contributed by atoms with E-state index in [9.17, 15) is 4.79 Å². The second kappa shape index (κ2) is 7.07. The van der Waals surface area contributed by atoms with Crippen molar-refractivity contribution in [2.24, 2.45) is 5.73 Å². The number of aromatic nitrogens is 2. The van der Waals surface area contributed by atoms with Crippen molar-refractivity contribution in [3.63, 3.8) is 0 Å². The van der Waals surface area contributed by atoms with Gasteiger partial charge in [-0.3, -0.25) is 9.69 Å². The van der Waals surface area contributed by atoms with Gasteiger partial charge in [-0.2, -0.15) is 0 Å². The second-order valence-electron chi connectivity index (χ2n) is 6.34. The van der Waals surface area contributed by atoms with Crippen LogP contribution in [0.25, 0.3) is 11.4 Å². The molecule has 3 N–H and O–H groups in total. The highest BCUT2D eigenvalue weighted by Gasteiger charge is 2.34. The van der Waals surface area contributed by atoms with Gasteiger partial charge in [-0.15, -0.1) is 0 Å². The van der Waals surface area contributed by atoms with Crippen LogP contribution in [0.3, 0.4) is 0 Å². The van der Waals surface area contributed by atoms with Crippen molar-refractivity contribution < 1.29 is 4.79 Å². The average Bonchev–Trinajstić information content (AvgIpc) is 2.95. The summed E-state index contributed by atoms with van der Waals surface area (Å²) < 4.78 is 0. The minimum atomic E-state index is -0.179. The van der Waals surface area contributed by atoms with E-state index in [-0.39, 0.29) is 18.0 Å². The van der Waals surface area contributed by atoms with Gasteiger partial charge in [-0.05, 0) is 19.4 Å². The van der Waals surface area contributed by atoms with Crippen molar-refractivity contribution in [1.29, 1.82) is 0 Å². The monoisotopic (exact) mass is 325 g/mol. The first-order chi connectivity index (χ1) is 11.6. The Labute approximate surface area is 142 Å². The van der Waals surface area contributed by atoms with Crippen LogP contribution >= 0.6 is 0 Å². The molecule has 3 rings (SSSR count). The zero-order valence-corrected chi connectivity index (χ0v) is 14.1. The van der Waals surface area contributed by atoms with Gasteiger partial charge in [-0.25, -0.2) is 9.97 Å². The number of aryl methyl sites for hydroxylation is 1. The van der Waals surface area contributed by atoms with Crippen molar-refractivity contribution in [3.05, 3.63) is 47.8 Å². The van der Waals surface area contributed by atoms with E-state index in [4.69, 9.17) is 5.73 Å². The molecule has 0 unspecified atom stereocenters. The van der Waals surface area contributed by atoms with Gasteiger partial charge in [0.15, 0.2) is 5.82 Å². The maximum absolute atomic E-state index is 12.0. The first kappa shape index (κ1) is 16.5. The van der Waals surface area contributed by atoms with Crippen molar-refractivity contribution >= 4 is 5.91 Å². The molecule has 0 saturated carbocycles. The Morgan fingerprint density at radius 1 is 1.38 bits per heavy atom. The molecule has 1 saturated heterocycles. The summed E-state index contributed by atoms with van der Waals surface area (Å²) in [5, 5.41) is 2.71. The fraction of sp³-hybridized carbons (Fsp3) is 0.389. The predicted molar refractivity (Wildman–Crippen MR) is 93.1 cm³/mol. The van der Waals surface area contributed by atoms with Gasteiger partial charge in [0.1, 0.15) is 0 Å². The summed E-state index contributed by atoms with van der Waals surface area (Å²) in [5.41, 5.74) is 9.19. The lowest BCUT2D eigenvalue weighted by atomic mass is 10.1. The smallest absolute Gasteiger partial charge is 0.237 e. The van der Waals surface area contributed by atoms with Gasteiger partial charge in [0.2, 0.25) is 5.91 Å². The molecule has 1 aliphatic rings. The lowest BCUT2D eigenvalue weighted by Gasteiger charge is -2.22. The predicted octanol–water partition coefficient (Wildman–Crippen LogP) is 1.10. The molecule has 126 valence electrons. The number of amides is 1. The number of rotatable bonds is 4. The molecule has 2 heterocycles. The van der Waals surface area contributed by atoms with Crippen LogP contribution in [-0.2, 0) is 11.3 Å². The lowest BCUT2D eigenvalue weighted by Crippen LogP contribution is -2.41. The highest BCUT2D eigenvalue weighted by atomic mass is 16.2. The van der Waals surface area contributed by atoms with Crippen LogP contribution in [0.1, 0.15) is 17.5 Å². The summed E-state index contributed by atoms with van der Waals surface area (Å²) in [4.78, 5) is 23.0. The van der Waals surface area contributed by atoms with E-state index in [1.54, 1.807) is 7.05 Å². The van der Waals surface area contributed by atoms with Crippen LogP contribution in [0, 0.1) is 6.92 Å². The number of nitrogens with one attached hydrogen (secondary N) is 1. The Hall–Kier alpha value is -2.31. The topological polar surface area (TPSA) is 84.1 Å². The number of nitrogens with zero attached hydrogens (tertiary/aromatic N) is 3. The van der Waals surface area contributed by atoms with Crippen molar-refractivity contribution in [2.75, 3.05) is 13.6 Å². The van der Waals surface area contributed by atoms with Crippen LogP contribution in [0.5, 0.6) is 0 Å². The molecule has 0 spiro atoms. The lowest BCUT2D eigenvalue weighted by molar-refractivity contribution is -0.125. The van der Waals surface area contributed by atoms with Crippen molar-refractivity contribution in [1.82, 2.24) is 20.2 Å². The van der Waals surface area contributed by atoms with Gasteiger partial charge in [-0.1, -0.05) is 23.8 Å². The standard InChI is InChI=1S/C18H23N5O/c1-12-4-3-5-14(6-12)17-21-8-13(9-22-17)10-23-11-15(19)7-16(23)18(24)20-2/h3-6,8-9,15-16H,7,10-11,19H2,1-2H3,(H,20,24)/t15-,16-/m0/s1. The number of likely N-dealkylation sites (N-methyl/N-ethyl adjacent to an activating group) is 1. The number of nitrogens with two attached hydrogens (primary N) is 1. The molecule has 6 nitrogen and oxygen atoms in total. The summed E-state index contributed by atoms with van der Waals surface area (Å²) >= 11 is 0. The van der Waals surface area contributed by atoms with Crippen molar-refractivity contribution in [2.45, 2.75) is 32.0 Å². The molecular formula is C18H23N5O. The molecule has 24 heavy (non-hydrogen) atoms. The molecule has 1 aromatic heterocycles. The highest BCUT2D eigenvalue weighted by molar-refractivity contribution is 5.81. The summed E-state index contributed by atoms with van der Waals surface area (Å²) in [6.45, 7) is 3.38. The number of carbonyl (C=O) groups is 1. The van der Waals surface area contributed by atoms with E-state index < -0.39 is 0 Å². The largest absolute Gasteiger partial charge is 0.358 e. The molecule has 0 aliphatic carbocycles. The first-order valence-corrected chi connectivity index (χ1v) is 8.16. The third kappa shape index (κ3) is 3.60. The minimum absolute atomic E-state index is 0.0141. The Balaban J connectivity index is 1.73. The summed E-state index contributed by atoms with van der Waals surface area (Å²) in [5.74, 6) is 0.726. The van der Waals surface area contributed by atoms with E-state index in [1.807, 2.05) is 37.5 Å². The van der Waals surface area contributed by atoms with Gasteiger partial charge >= 0.3 is 0 Å². The quantitative estimate of drug-likeness (QED) is 0.879. The van der Waals surface area contributed by atoms with Crippen LogP contribution < -0.4 is 11.1 Å². The van der Waals surface area contributed by atoms with Crippen molar-refractivity contribution in [3.8, 4) is 11.4 Å². The normalized spacial score (nSPS) is 21.0. The van der Waals surface area contributed by atoms with Gasteiger partial charge in [0.05, 0.1) is 6.04 Å². The number of likely N-dealkylation sites (tertiary alicyclic amines) is 1. The maximum atomic E-state index is 12.0. The van der Waals surface area contributed by atoms with E-state index >= 15 is 0 Å².